The maximum atomic E-state index is 13.4. The average Bonchev–Trinajstić information content (AvgIpc) is 2.78. The molecule has 0 unspecified atom stereocenters. The number of hydrogen-bond donors (Lipinski definition) is 1. The number of amides is 2. The summed E-state index contributed by atoms with van der Waals surface area (Å²) in [5.74, 6) is 0.0536. The first-order valence-electron chi connectivity index (χ1n) is 11.8. The van der Waals surface area contributed by atoms with E-state index in [-0.39, 0.29) is 36.4 Å². The Kier molecular flexibility index (Phi) is 10.9. The molecular formula is C27H35BrCl2N2O3. The van der Waals surface area contributed by atoms with E-state index in [1.807, 2.05) is 39.0 Å². The summed E-state index contributed by atoms with van der Waals surface area (Å²) >= 11 is 16.0. The van der Waals surface area contributed by atoms with Crippen LogP contribution >= 0.6 is 39.1 Å². The molecule has 35 heavy (non-hydrogen) atoms. The first-order valence-corrected chi connectivity index (χ1v) is 13.4. The topological polar surface area (TPSA) is 58.6 Å². The second-order valence-corrected chi connectivity index (χ2v) is 11.4. The fourth-order valence-electron chi connectivity index (χ4n) is 3.50. The molecule has 0 spiro atoms. The van der Waals surface area contributed by atoms with E-state index in [0.717, 1.165) is 16.5 Å². The minimum atomic E-state index is -0.668. The van der Waals surface area contributed by atoms with E-state index in [1.54, 1.807) is 18.2 Å². The lowest BCUT2D eigenvalue weighted by Crippen LogP contribution is -2.51. The van der Waals surface area contributed by atoms with Crippen LogP contribution in [-0.2, 0) is 21.5 Å². The van der Waals surface area contributed by atoms with Crippen LogP contribution in [0.1, 0.15) is 65.5 Å². The fourth-order valence-corrected chi connectivity index (χ4v) is 4.46. The minimum Gasteiger partial charge on any atom is -0.483 e. The Balaban J connectivity index is 2.29. The molecular weight excluding hydrogens is 551 g/mol. The molecule has 2 aromatic carbocycles. The van der Waals surface area contributed by atoms with E-state index in [4.69, 9.17) is 27.9 Å². The Morgan fingerprint density at radius 2 is 1.77 bits per heavy atom. The van der Waals surface area contributed by atoms with Crippen molar-refractivity contribution < 1.29 is 14.3 Å². The molecule has 2 amide bonds. The van der Waals surface area contributed by atoms with Crippen molar-refractivity contribution >= 4 is 50.9 Å². The smallest absolute Gasteiger partial charge is 0.261 e. The second-order valence-electron chi connectivity index (χ2n) is 9.68. The molecule has 192 valence electrons. The number of benzene rings is 2. The molecule has 2 atom stereocenters. The van der Waals surface area contributed by atoms with Crippen molar-refractivity contribution in [3.8, 4) is 5.75 Å². The third-order valence-electron chi connectivity index (χ3n) is 5.89. The summed E-state index contributed by atoms with van der Waals surface area (Å²) in [6.45, 7) is 12.2. The van der Waals surface area contributed by atoms with Crippen molar-refractivity contribution in [1.82, 2.24) is 10.2 Å². The van der Waals surface area contributed by atoms with Crippen LogP contribution in [0.25, 0.3) is 0 Å². The zero-order valence-corrected chi connectivity index (χ0v) is 24.4. The van der Waals surface area contributed by atoms with Gasteiger partial charge in [-0.2, -0.15) is 0 Å². The highest BCUT2D eigenvalue weighted by Crippen LogP contribution is 2.31. The Bertz CT molecular complexity index is 1040. The normalized spacial score (nSPS) is 13.2. The fraction of sp³-hybridized carbons (Fsp3) is 0.481. The lowest BCUT2D eigenvalue weighted by atomic mass is 9.87. The number of rotatable bonds is 10. The third-order valence-corrected chi connectivity index (χ3v) is 7.10. The van der Waals surface area contributed by atoms with Crippen molar-refractivity contribution in [3.63, 3.8) is 0 Å². The molecule has 0 aliphatic rings. The van der Waals surface area contributed by atoms with Gasteiger partial charge in [-0.15, -0.1) is 0 Å². The average molecular weight is 586 g/mol. The Morgan fingerprint density at radius 1 is 1.09 bits per heavy atom. The van der Waals surface area contributed by atoms with E-state index >= 15 is 0 Å². The molecule has 0 heterocycles. The van der Waals surface area contributed by atoms with E-state index in [9.17, 15) is 9.59 Å². The largest absolute Gasteiger partial charge is 0.483 e. The molecule has 2 aromatic rings. The number of carbonyl (C=O) groups is 2. The lowest BCUT2D eigenvalue weighted by Gasteiger charge is -2.31. The van der Waals surface area contributed by atoms with Gasteiger partial charge in [0.25, 0.3) is 5.91 Å². The quantitative estimate of drug-likeness (QED) is 0.322. The zero-order chi connectivity index (χ0) is 26.3. The van der Waals surface area contributed by atoms with E-state index in [1.165, 1.54) is 4.90 Å². The maximum absolute atomic E-state index is 13.4. The van der Waals surface area contributed by atoms with Gasteiger partial charge in [0, 0.05) is 22.6 Å². The number of halogens is 3. The monoisotopic (exact) mass is 584 g/mol. The molecule has 0 fully saturated rings. The molecule has 1 N–H and O–H groups in total. The van der Waals surface area contributed by atoms with Gasteiger partial charge in [0.2, 0.25) is 5.91 Å². The van der Waals surface area contributed by atoms with Crippen LogP contribution in [0, 0.1) is 0 Å². The Morgan fingerprint density at radius 3 is 2.31 bits per heavy atom. The molecule has 0 bridgehead atoms. The van der Waals surface area contributed by atoms with Gasteiger partial charge in [-0.1, -0.05) is 70.0 Å². The summed E-state index contributed by atoms with van der Waals surface area (Å²) in [7, 11) is 0. The zero-order valence-electron chi connectivity index (χ0n) is 21.3. The van der Waals surface area contributed by atoms with Crippen LogP contribution in [0.2, 0.25) is 10.0 Å². The molecule has 0 radical (unpaired) electrons. The third kappa shape index (κ3) is 8.40. The number of nitrogens with one attached hydrogen (secondary N) is 1. The molecule has 0 aliphatic heterocycles. The van der Waals surface area contributed by atoms with E-state index in [0.29, 0.717) is 27.8 Å². The first-order chi connectivity index (χ1) is 16.4. The molecule has 8 heteroatoms. The molecule has 2 rings (SSSR count). The molecule has 5 nitrogen and oxygen atoms in total. The highest BCUT2D eigenvalue weighted by atomic mass is 79.9. The van der Waals surface area contributed by atoms with Crippen LogP contribution in [-0.4, -0.2) is 35.4 Å². The Hall–Kier alpha value is -1.76. The summed E-state index contributed by atoms with van der Waals surface area (Å²) in [4.78, 5) is 28.0. The predicted molar refractivity (Wildman–Crippen MR) is 147 cm³/mol. The maximum Gasteiger partial charge on any atom is 0.261 e. The number of ether oxygens (including phenoxy) is 1. The summed E-state index contributed by atoms with van der Waals surface area (Å²) in [5, 5.41) is 3.94. The molecule has 0 saturated heterocycles. The summed E-state index contributed by atoms with van der Waals surface area (Å²) in [6.07, 6.45) is 1.24. The summed E-state index contributed by atoms with van der Waals surface area (Å²) in [5.41, 5.74) is 1.84. The van der Waals surface area contributed by atoms with Crippen LogP contribution in [0.3, 0.4) is 0 Å². The van der Waals surface area contributed by atoms with Gasteiger partial charge in [0.1, 0.15) is 11.8 Å². The second kappa shape index (κ2) is 13.0. The van der Waals surface area contributed by atoms with Crippen molar-refractivity contribution in [3.05, 3.63) is 62.0 Å². The van der Waals surface area contributed by atoms with Crippen molar-refractivity contribution in [2.24, 2.45) is 0 Å². The van der Waals surface area contributed by atoms with Crippen LogP contribution in [0.5, 0.6) is 5.75 Å². The van der Waals surface area contributed by atoms with E-state index < -0.39 is 6.04 Å². The highest BCUT2D eigenvalue weighted by Gasteiger charge is 2.30. The van der Waals surface area contributed by atoms with Gasteiger partial charge >= 0.3 is 0 Å². The first kappa shape index (κ1) is 29.5. The van der Waals surface area contributed by atoms with Crippen molar-refractivity contribution in [2.75, 3.05) is 6.61 Å². The number of carbonyl (C=O) groups excluding carboxylic acids is 2. The van der Waals surface area contributed by atoms with Crippen molar-refractivity contribution in [1.29, 1.82) is 0 Å². The van der Waals surface area contributed by atoms with Gasteiger partial charge in [-0.05, 0) is 76.5 Å². The van der Waals surface area contributed by atoms with Gasteiger partial charge in [-0.3, -0.25) is 9.59 Å². The Labute approximate surface area is 227 Å². The van der Waals surface area contributed by atoms with Crippen LogP contribution in [0.15, 0.2) is 40.9 Å². The van der Waals surface area contributed by atoms with Gasteiger partial charge in [0.15, 0.2) is 6.61 Å². The molecule has 0 aliphatic carbocycles. The summed E-state index contributed by atoms with van der Waals surface area (Å²) < 4.78 is 6.66. The minimum absolute atomic E-state index is 0.00107. The lowest BCUT2D eigenvalue weighted by molar-refractivity contribution is -0.143. The van der Waals surface area contributed by atoms with E-state index in [2.05, 4.69) is 42.0 Å². The predicted octanol–water partition coefficient (Wildman–Crippen LogP) is 7.15. The number of nitrogens with zero attached hydrogens (tertiary/aromatic N) is 1. The van der Waals surface area contributed by atoms with Gasteiger partial charge in [0.05, 0.1) is 4.47 Å². The van der Waals surface area contributed by atoms with Crippen LogP contribution < -0.4 is 10.1 Å². The van der Waals surface area contributed by atoms with Crippen LogP contribution in [0.4, 0.5) is 0 Å². The molecule has 0 saturated carbocycles. The number of hydrogen-bond acceptors (Lipinski definition) is 3. The van der Waals surface area contributed by atoms with Gasteiger partial charge in [-0.25, -0.2) is 0 Å². The molecule has 0 aromatic heterocycles. The van der Waals surface area contributed by atoms with Crippen molar-refractivity contribution in [2.45, 2.75) is 78.4 Å². The highest BCUT2D eigenvalue weighted by molar-refractivity contribution is 9.10. The summed E-state index contributed by atoms with van der Waals surface area (Å²) in [6, 6.07) is 10.3. The van der Waals surface area contributed by atoms with Gasteiger partial charge < -0.3 is 15.0 Å². The SMILES string of the molecule is CC[C@H](C(=O)N[C@@H](C)CC)N(Cc1ccc(Cl)cc1Cl)C(=O)COc1ccc(C(C)(C)C)cc1Br. The standard InChI is InChI=1S/C27H35BrCl2N2O3/c1-7-17(3)31-26(34)23(8-2)32(15-18-9-11-20(29)14-22(18)30)25(33)16-35-24-12-10-19(13-21(24)28)27(4,5)6/h9-14,17,23H,7-8,15-16H2,1-6H3,(H,31,34)/t17-,23+/m0/s1.